The van der Waals surface area contributed by atoms with Crippen LogP contribution in [0.3, 0.4) is 0 Å². The van der Waals surface area contributed by atoms with Crippen molar-refractivity contribution < 1.29 is 9.53 Å². The number of hydrogen-bond donors (Lipinski definition) is 1. The maximum Gasteiger partial charge on any atom is 0.338 e. The summed E-state index contributed by atoms with van der Waals surface area (Å²) in [4.78, 5) is 31.1. The van der Waals surface area contributed by atoms with Crippen LogP contribution in [0.2, 0.25) is 0 Å². The molecule has 1 N–H and O–H groups in total. The molecule has 0 aliphatic carbocycles. The molecule has 0 bridgehead atoms. The average molecular weight is 353 g/mol. The highest BCUT2D eigenvalue weighted by molar-refractivity contribution is 7.16. The van der Waals surface area contributed by atoms with Crippen LogP contribution >= 0.6 is 11.3 Å². The van der Waals surface area contributed by atoms with Crippen molar-refractivity contribution in [1.29, 1.82) is 0 Å². The van der Waals surface area contributed by atoms with E-state index < -0.39 is 0 Å². The van der Waals surface area contributed by atoms with Gasteiger partial charge in [-0.05, 0) is 36.8 Å². The minimum Gasteiger partial charge on any atom is -0.462 e. The summed E-state index contributed by atoms with van der Waals surface area (Å²) in [7, 11) is 0. The van der Waals surface area contributed by atoms with Crippen LogP contribution in [-0.2, 0) is 11.3 Å². The molecule has 0 radical (unpaired) electrons. The summed E-state index contributed by atoms with van der Waals surface area (Å²) < 4.78 is 7.94. The third kappa shape index (κ3) is 3.06. The van der Waals surface area contributed by atoms with E-state index in [1.165, 1.54) is 11.3 Å². The van der Waals surface area contributed by atoms with Gasteiger partial charge in [0.05, 0.1) is 38.9 Å². The largest absolute Gasteiger partial charge is 0.462 e. The second-order valence-electron chi connectivity index (χ2n) is 5.62. The number of aryl methyl sites for hydroxylation is 1. The lowest BCUT2D eigenvalue weighted by Crippen LogP contribution is -2.18. The molecule has 4 rings (SSSR count). The molecule has 2 aromatic carbocycles. The third-order valence-electron chi connectivity index (χ3n) is 4.01. The predicted octanol–water partition coefficient (Wildman–Crippen LogP) is 3.19. The lowest BCUT2D eigenvalue weighted by Gasteiger charge is -2.06. The number of rotatable bonds is 5. The number of ether oxygens (including phenoxy) is 1. The van der Waals surface area contributed by atoms with E-state index in [4.69, 9.17) is 4.74 Å². The number of benzene rings is 2. The van der Waals surface area contributed by atoms with Crippen molar-refractivity contribution in [2.75, 3.05) is 6.61 Å². The number of carbonyl (C=O) groups is 1. The van der Waals surface area contributed by atoms with Crippen LogP contribution in [0, 0.1) is 0 Å². The van der Waals surface area contributed by atoms with Crippen LogP contribution in [0.25, 0.3) is 21.3 Å². The Morgan fingerprint density at radius 2 is 2.12 bits per heavy atom. The zero-order valence-corrected chi connectivity index (χ0v) is 14.1. The van der Waals surface area contributed by atoms with Gasteiger partial charge in [0.25, 0.3) is 0 Å². The summed E-state index contributed by atoms with van der Waals surface area (Å²) in [6.45, 7) is 0.746. The highest BCUT2D eigenvalue weighted by atomic mass is 32.1. The van der Waals surface area contributed by atoms with E-state index in [-0.39, 0.29) is 18.3 Å². The molecule has 0 amide bonds. The van der Waals surface area contributed by atoms with Crippen molar-refractivity contribution in [2.24, 2.45) is 0 Å². The molecule has 0 aliphatic rings. The Morgan fingerprint density at radius 1 is 1.24 bits per heavy atom. The van der Waals surface area contributed by atoms with Crippen molar-refractivity contribution in [3.05, 3.63) is 64.0 Å². The van der Waals surface area contributed by atoms with Crippen LogP contribution in [-0.4, -0.2) is 27.1 Å². The number of para-hydroxylation sites is 2. The smallest absolute Gasteiger partial charge is 0.338 e. The van der Waals surface area contributed by atoms with Gasteiger partial charge >= 0.3 is 11.7 Å². The monoisotopic (exact) mass is 353 g/mol. The van der Waals surface area contributed by atoms with E-state index in [1.54, 1.807) is 22.2 Å². The first-order valence-corrected chi connectivity index (χ1v) is 8.78. The van der Waals surface area contributed by atoms with Gasteiger partial charge in [0.15, 0.2) is 0 Å². The van der Waals surface area contributed by atoms with Crippen LogP contribution in [0.1, 0.15) is 16.8 Å². The van der Waals surface area contributed by atoms with Gasteiger partial charge in [-0.15, -0.1) is 11.3 Å². The Bertz CT molecular complexity index is 1110. The Labute approximate surface area is 146 Å². The van der Waals surface area contributed by atoms with Gasteiger partial charge in [0.2, 0.25) is 0 Å². The molecule has 0 saturated heterocycles. The fourth-order valence-corrected chi connectivity index (χ4v) is 3.50. The summed E-state index contributed by atoms with van der Waals surface area (Å²) in [6, 6.07) is 12.8. The molecule has 0 spiro atoms. The minimum absolute atomic E-state index is 0.150. The molecule has 2 aromatic heterocycles. The molecule has 7 heteroatoms. The molecule has 126 valence electrons. The number of carbonyl (C=O) groups excluding carboxylic acids is 1. The third-order valence-corrected chi connectivity index (χ3v) is 4.80. The summed E-state index contributed by atoms with van der Waals surface area (Å²) in [5, 5.41) is 0. The Morgan fingerprint density at radius 3 is 3.04 bits per heavy atom. The van der Waals surface area contributed by atoms with Crippen molar-refractivity contribution in [3.63, 3.8) is 0 Å². The van der Waals surface area contributed by atoms with Crippen molar-refractivity contribution in [1.82, 2.24) is 14.5 Å². The van der Waals surface area contributed by atoms with Gasteiger partial charge < -0.3 is 9.72 Å². The molecule has 0 atom stereocenters. The van der Waals surface area contributed by atoms with E-state index in [0.717, 1.165) is 21.3 Å². The molecule has 0 aliphatic heterocycles. The van der Waals surface area contributed by atoms with Gasteiger partial charge in [-0.2, -0.15) is 0 Å². The molecule has 6 nitrogen and oxygen atoms in total. The van der Waals surface area contributed by atoms with Crippen LogP contribution in [0.15, 0.2) is 52.8 Å². The number of esters is 1. The highest BCUT2D eigenvalue weighted by Crippen LogP contribution is 2.19. The van der Waals surface area contributed by atoms with E-state index >= 15 is 0 Å². The van der Waals surface area contributed by atoms with Crippen LogP contribution in [0.4, 0.5) is 0 Å². The number of imidazole rings is 1. The molecule has 25 heavy (non-hydrogen) atoms. The fourth-order valence-electron chi connectivity index (χ4n) is 2.78. The maximum absolute atomic E-state index is 12.1. The number of aromatic amines is 1. The number of fused-ring (bicyclic) bond motifs is 2. The number of nitrogens with one attached hydrogen (secondary N) is 1. The van der Waals surface area contributed by atoms with Crippen LogP contribution in [0.5, 0.6) is 0 Å². The molecule has 2 heterocycles. The SMILES string of the molecule is O=C(OCCCn1c(=O)[nH]c2ccccc21)c1ccc2ncsc2c1. The first-order chi connectivity index (χ1) is 12.2. The standard InChI is InChI=1S/C18H15N3O3S/c22-17(12-6-7-14-16(10-12)25-11-19-14)24-9-3-8-21-15-5-2-1-4-13(15)20-18(21)23/h1-2,4-7,10-11H,3,8-9H2,(H,20,23). The Kier molecular flexibility index (Phi) is 4.07. The van der Waals surface area contributed by atoms with Gasteiger partial charge in [-0.25, -0.2) is 14.6 Å². The summed E-state index contributed by atoms with van der Waals surface area (Å²) in [5.74, 6) is -0.360. The maximum atomic E-state index is 12.1. The lowest BCUT2D eigenvalue weighted by atomic mass is 10.2. The lowest BCUT2D eigenvalue weighted by molar-refractivity contribution is 0.0496. The number of nitrogens with zero attached hydrogens (tertiary/aromatic N) is 2. The quantitative estimate of drug-likeness (QED) is 0.441. The topological polar surface area (TPSA) is 77.0 Å². The van der Waals surface area contributed by atoms with Gasteiger partial charge in [-0.3, -0.25) is 4.57 Å². The first kappa shape index (κ1) is 15.6. The Balaban J connectivity index is 1.38. The van der Waals surface area contributed by atoms with Crippen molar-refractivity contribution in [2.45, 2.75) is 13.0 Å². The second kappa shape index (κ2) is 6.52. The normalized spacial score (nSPS) is 11.2. The van der Waals surface area contributed by atoms with Gasteiger partial charge in [-0.1, -0.05) is 12.1 Å². The van der Waals surface area contributed by atoms with Gasteiger partial charge in [0, 0.05) is 6.54 Å². The molecule has 0 saturated carbocycles. The fraction of sp³-hybridized carbons (Fsp3) is 0.167. The molecule has 4 aromatic rings. The zero-order chi connectivity index (χ0) is 17.2. The van der Waals surface area contributed by atoms with E-state index in [9.17, 15) is 9.59 Å². The summed E-state index contributed by atoms with van der Waals surface area (Å²) >= 11 is 1.49. The van der Waals surface area contributed by atoms with E-state index in [0.29, 0.717) is 18.5 Å². The average Bonchev–Trinajstić information content (AvgIpc) is 3.21. The van der Waals surface area contributed by atoms with Crippen molar-refractivity contribution in [3.8, 4) is 0 Å². The molecular formula is C18H15N3O3S. The number of aromatic nitrogens is 3. The second-order valence-corrected chi connectivity index (χ2v) is 6.51. The van der Waals surface area contributed by atoms with Crippen molar-refractivity contribution >= 4 is 38.6 Å². The van der Waals surface area contributed by atoms with E-state index in [2.05, 4.69) is 9.97 Å². The number of H-pyrrole nitrogens is 1. The molecule has 0 unspecified atom stereocenters. The number of thiazole rings is 1. The highest BCUT2D eigenvalue weighted by Gasteiger charge is 2.10. The predicted molar refractivity (Wildman–Crippen MR) is 97.1 cm³/mol. The zero-order valence-electron chi connectivity index (χ0n) is 13.3. The minimum atomic E-state index is -0.360. The molecular weight excluding hydrogens is 338 g/mol. The van der Waals surface area contributed by atoms with Gasteiger partial charge in [0.1, 0.15) is 0 Å². The Hall–Kier alpha value is -2.93. The van der Waals surface area contributed by atoms with Crippen LogP contribution < -0.4 is 5.69 Å². The summed E-state index contributed by atoms with van der Waals surface area (Å²) in [5.41, 5.74) is 4.65. The summed E-state index contributed by atoms with van der Waals surface area (Å²) in [6.07, 6.45) is 0.566. The number of hydrogen-bond acceptors (Lipinski definition) is 5. The first-order valence-electron chi connectivity index (χ1n) is 7.90. The molecule has 0 fully saturated rings. The van der Waals surface area contributed by atoms with E-state index in [1.807, 2.05) is 30.3 Å².